The summed E-state index contributed by atoms with van der Waals surface area (Å²) in [4.78, 5) is 13.1. The van der Waals surface area contributed by atoms with Gasteiger partial charge in [-0.25, -0.2) is 4.39 Å². The van der Waals surface area contributed by atoms with Gasteiger partial charge in [0.25, 0.3) is 0 Å². The Balaban J connectivity index is 1.86. The molecule has 0 spiro atoms. The van der Waals surface area contributed by atoms with E-state index < -0.39 is 0 Å². The predicted octanol–water partition coefficient (Wildman–Crippen LogP) is 1.94. The molecule has 1 radical (unpaired) electrons. The standard InChI is InChI=1S/C13H15FNO2/c1-10-4-2-5-11(13(10)14)17-9-8-15-7-3-6-12(15)16/h2,5H,3,6-9H2,1H3. The number of rotatable bonds is 4. The Morgan fingerprint density at radius 2 is 2.41 bits per heavy atom. The SMILES string of the molecule is Cc1[c]ccc(OCCN2CCCC2=O)c1F. The van der Waals surface area contributed by atoms with Crippen LogP contribution < -0.4 is 4.74 Å². The number of benzene rings is 1. The maximum Gasteiger partial charge on any atom is 0.222 e. The summed E-state index contributed by atoms with van der Waals surface area (Å²) in [7, 11) is 0. The van der Waals surface area contributed by atoms with Crippen LogP contribution in [0.3, 0.4) is 0 Å². The van der Waals surface area contributed by atoms with Gasteiger partial charge in [0.2, 0.25) is 5.91 Å². The van der Waals surface area contributed by atoms with Gasteiger partial charge in [0, 0.05) is 13.0 Å². The van der Waals surface area contributed by atoms with Gasteiger partial charge in [-0.1, -0.05) is 6.07 Å². The van der Waals surface area contributed by atoms with Crippen molar-refractivity contribution in [1.82, 2.24) is 4.90 Å². The fraction of sp³-hybridized carbons (Fsp3) is 0.462. The summed E-state index contributed by atoms with van der Waals surface area (Å²) in [6.45, 7) is 3.28. The fourth-order valence-corrected chi connectivity index (χ4v) is 1.88. The Morgan fingerprint density at radius 3 is 3.12 bits per heavy atom. The molecular weight excluding hydrogens is 221 g/mol. The molecule has 0 aliphatic carbocycles. The van der Waals surface area contributed by atoms with Crippen molar-refractivity contribution >= 4 is 5.91 Å². The van der Waals surface area contributed by atoms with Crippen LogP contribution in [0.2, 0.25) is 0 Å². The monoisotopic (exact) mass is 236 g/mol. The van der Waals surface area contributed by atoms with Crippen LogP contribution in [0.4, 0.5) is 4.39 Å². The summed E-state index contributed by atoms with van der Waals surface area (Å²) in [6, 6.07) is 5.94. The van der Waals surface area contributed by atoms with Crippen molar-refractivity contribution in [1.29, 1.82) is 0 Å². The molecule has 1 saturated heterocycles. The smallest absolute Gasteiger partial charge is 0.222 e. The van der Waals surface area contributed by atoms with Gasteiger partial charge in [0.1, 0.15) is 6.61 Å². The number of carbonyl (C=O) groups excluding carboxylic acids is 1. The lowest BCUT2D eigenvalue weighted by atomic mass is 10.2. The van der Waals surface area contributed by atoms with Crippen LogP contribution in [0.5, 0.6) is 5.75 Å². The third-order valence-electron chi connectivity index (χ3n) is 2.87. The van der Waals surface area contributed by atoms with Gasteiger partial charge < -0.3 is 9.64 Å². The Bertz CT molecular complexity index is 420. The van der Waals surface area contributed by atoms with Crippen LogP contribution in [0.1, 0.15) is 18.4 Å². The summed E-state index contributed by atoms with van der Waals surface area (Å²) in [5.41, 5.74) is 0.444. The van der Waals surface area contributed by atoms with Crippen molar-refractivity contribution in [3.05, 3.63) is 29.6 Å². The third kappa shape index (κ3) is 2.75. The molecule has 1 aliphatic rings. The highest BCUT2D eigenvalue weighted by molar-refractivity contribution is 5.78. The molecule has 0 atom stereocenters. The second-order valence-electron chi connectivity index (χ2n) is 4.11. The molecular formula is C13H15FNO2. The normalized spacial score (nSPS) is 15.4. The van der Waals surface area contributed by atoms with Crippen molar-refractivity contribution in [3.8, 4) is 5.75 Å². The second kappa shape index (κ2) is 5.17. The van der Waals surface area contributed by atoms with Gasteiger partial charge in [-0.05, 0) is 31.0 Å². The van der Waals surface area contributed by atoms with E-state index in [0.717, 1.165) is 13.0 Å². The lowest BCUT2D eigenvalue weighted by Gasteiger charge is -2.16. The van der Waals surface area contributed by atoms with E-state index in [1.807, 2.05) is 0 Å². The van der Waals surface area contributed by atoms with E-state index in [-0.39, 0.29) is 17.5 Å². The van der Waals surface area contributed by atoms with Gasteiger partial charge in [0.15, 0.2) is 11.6 Å². The molecule has 1 aliphatic heterocycles. The van der Waals surface area contributed by atoms with Crippen molar-refractivity contribution in [3.63, 3.8) is 0 Å². The molecule has 0 unspecified atom stereocenters. The van der Waals surface area contributed by atoms with Crippen LogP contribution in [0.25, 0.3) is 0 Å². The highest BCUT2D eigenvalue weighted by Crippen LogP contribution is 2.19. The molecule has 1 aromatic carbocycles. The minimum Gasteiger partial charge on any atom is -0.489 e. The van der Waals surface area contributed by atoms with Gasteiger partial charge in [-0.2, -0.15) is 0 Å². The summed E-state index contributed by atoms with van der Waals surface area (Å²) < 4.78 is 18.9. The highest BCUT2D eigenvalue weighted by atomic mass is 19.1. The Hall–Kier alpha value is -1.58. The van der Waals surface area contributed by atoms with E-state index >= 15 is 0 Å². The lowest BCUT2D eigenvalue weighted by Crippen LogP contribution is -2.29. The van der Waals surface area contributed by atoms with Gasteiger partial charge >= 0.3 is 0 Å². The summed E-state index contributed by atoms with van der Waals surface area (Å²) in [5.74, 6) is 0.0137. The zero-order valence-corrected chi connectivity index (χ0v) is 9.83. The van der Waals surface area contributed by atoms with Crippen molar-refractivity contribution in [2.24, 2.45) is 0 Å². The largest absolute Gasteiger partial charge is 0.489 e. The molecule has 0 saturated carbocycles. The summed E-state index contributed by atoms with van der Waals surface area (Å²) in [6.07, 6.45) is 1.53. The van der Waals surface area contributed by atoms with E-state index in [0.29, 0.717) is 25.1 Å². The number of nitrogens with zero attached hydrogens (tertiary/aromatic N) is 1. The van der Waals surface area contributed by atoms with Crippen LogP contribution in [-0.4, -0.2) is 30.5 Å². The van der Waals surface area contributed by atoms with Gasteiger partial charge in [0.05, 0.1) is 6.54 Å². The Morgan fingerprint density at radius 1 is 1.59 bits per heavy atom. The number of hydrogen-bond acceptors (Lipinski definition) is 2. The minimum absolute atomic E-state index is 0.159. The van der Waals surface area contributed by atoms with Gasteiger partial charge in [-0.15, -0.1) is 0 Å². The Kier molecular flexibility index (Phi) is 3.61. The first-order chi connectivity index (χ1) is 8.18. The van der Waals surface area contributed by atoms with Crippen LogP contribution >= 0.6 is 0 Å². The maximum absolute atomic E-state index is 13.5. The van der Waals surface area contributed by atoms with E-state index in [4.69, 9.17) is 4.74 Å². The molecule has 3 nitrogen and oxygen atoms in total. The van der Waals surface area contributed by atoms with E-state index in [1.54, 1.807) is 24.0 Å². The molecule has 4 heteroatoms. The third-order valence-corrected chi connectivity index (χ3v) is 2.87. The van der Waals surface area contributed by atoms with Crippen LogP contribution in [0.15, 0.2) is 12.1 Å². The van der Waals surface area contributed by atoms with Crippen LogP contribution in [0, 0.1) is 18.8 Å². The van der Waals surface area contributed by atoms with E-state index in [9.17, 15) is 9.18 Å². The number of halogens is 1. The minimum atomic E-state index is -0.375. The first-order valence-corrected chi connectivity index (χ1v) is 5.76. The lowest BCUT2D eigenvalue weighted by molar-refractivity contribution is -0.128. The molecule has 1 aromatic rings. The molecule has 1 fully saturated rings. The number of ether oxygens (including phenoxy) is 1. The molecule has 1 amide bonds. The molecule has 1 heterocycles. The van der Waals surface area contributed by atoms with Gasteiger partial charge in [-0.3, -0.25) is 4.79 Å². The molecule has 2 rings (SSSR count). The zero-order chi connectivity index (χ0) is 12.3. The highest BCUT2D eigenvalue weighted by Gasteiger charge is 2.19. The molecule has 0 bridgehead atoms. The maximum atomic E-state index is 13.5. The quantitative estimate of drug-likeness (QED) is 0.799. The predicted molar refractivity (Wildman–Crippen MR) is 61.3 cm³/mol. The summed E-state index contributed by atoms with van der Waals surface area (Å²) in [5, 5.41) is 0. The van der Waals surface area contributed by atoms with Crippen molar-refractivity contribution in [2.45, 2.75) is 19.8 Å². The van der Waals surface area contributed by atoms with E-state index in [1.165, 1.54) is 0 Å². The number of carbonyl (C=O) groups is 1. The number of amides is 1. The average Bonchev–Trinajstić information content (AvgIpc) is 2.71. The van der Waals surface area contributed by atoms with Crippen molar-refractivity contribution < 1.29 is 13.9 Å². The molecule has 0 aromatic heterocycles. The van der Waals surface area contributed by atoms with Crippen LogP contribution in [-0.2, 0) is 4.79 Å². The summed E-state index contributed by atoms with van der Waals surface area (Å²) >= 11 is 0. The second-order valence-corrected chi connectivity index (χ2v) is 4.11. The number of likely N-dealkylation sites (tertiary alicyclic amines) is 1. The number of aryl methyl sites for hydroxylation is 1. The topological polar surface area (TPSA) is 29.5 Å². The first kappa shape index (κ1) is 11.9. The first-order valence-electron chi connectivity index (χ1n) is 5.76. The average molecular weight is 236 g/mol. The Labute approximate surface area is 100 Å². The molecule has 0 N–H and O–H groups in total. The van der Waals surface area contributed by atoms with Crippen molar-refractivity contribution in [2.75, 3.05) is 19.7 Å². The fourth-order valence-electron chi connectivity index (χ4n) is 1.88. The molecule has 17 heavy (non-hydrogen) atoms. The zero-order valence-electron chi connectivity index (χ0n) is 9.83. The van der Waals surface area contributed by atoms with E-state index in [2.05, 4.69) is 6.07 Å². The molecule has 91 valence electrons. The number of hydrogen-bond donors (Lipinski definition) is 0.